The van der Waals surface area contributed by atoms with Crippen LogP contribution in [0.4, 0.5) is 13.2 Å². The van der Waals surface area contributed by atoms with E-state index in [0.29, 0.717) is 0 Å². The van der Waals surface area contributed by atoms with Crippen LogP contribution in [0.5, 0.6) is 0 Å². The molecule has 0 aliphatic rings. The van der Waals surface area contributed by atoms with E-state index >= 15 is 0 Å². The van der Waals surface area contributed by atoms with Crippen molar-refractivity contribution < 1.29 is 23.1 Å². The van der Waals surface area contributed by atoms with E-state index in [1.54, 1.807) is 0 Å². The van der Waals surface area contributed by atoms with Crippen LogP contribution in [0.1, 0.15) is 15.9 Å². The smallest absolute Gasteiger partial charge is 0.375 e. The molecular formula is C16H12Cl2F3NO2. The van der Waals surface area contributed by atoms with E-state index in [1.165, 1.54) is 36.4 Å². The van der Waals surface area contributed by atoms with Crippen LogP contribution in [0.15, 0.2) is 48.5 Å². The molecule has 2 aromatic carbocycles. The highest BCUT2D eigenvalue weighted by Crippen LogP contribution is 2.38. The van der Waals surface area contributed by atoms with Crippen molar-refractivity contribution in [2.24, 2.45) is 0 Å². The van der Waals surface area contributed by atoms with Crippen LogP contribution >= 0.6 is 23.2 Å². The van der Waals surface area contributed by atoms with E-state index < -0.39 is 24.2 Å². The number of aliphatic hydroxyl groups is 1. The molecule has 0 saturated carbocycles. The topological polar surface area (TPSA) is 49.3 Å². The van der Waals surface area contributed by atoms with Crippen molar-refractivity contribution in [3.8, 4) is 0 Å². The van der Waals surface area contributed by atoms with Crippen molar-refractivity contribution in [2.45, 2.75) is 11.8 Å². The number of rotatable bonds is 4. The zero-order valence-corrected chi connectivity index (χ0v) is 13.6. The maximum absolute atomic E-state index is 13.3. The minimum Gasteiger partial charge on any atom is -0.375 e. The number of amides is 1. The number of carbonyl (C=O) groups is 1. The average Bonchev–Trinajstić information content (AvgIpc) is 2.54. The second kappa shape index (κ2) is 7.01. The van der Waals surface area contributed by atoms with Crippen molar-refractivity contribution >= 4 is 29.1 Å². The second-order valence-corrected chi connectivity index (χ2v) is 5.87. The van der Waals surface area contributed by atoms with Crippen LogP contribution in [0.2, 0.25) is 10.0 Å². The zero-order valence-electron chi connectivity index (χ0n) is 12.1. The molecule has 0 fully saturated rings. The molecule has 2 N–H and O–H groups in total. The molecule has 0 bridgehead atoms. The predicted octanol–water partition coefficient (Wildman–Crippen LogP) is 4.17. The fraction of sp³-hybridized carbons (Fsp3) is 0.188. The van der Waals surface area contributed by atoms with Gasteiger partial charge in [0.25, 0.3) is 5.91 Å². The Morgan fingerprint density at radius 1 is 1.08 bits per heavy atom. The molecule has 1 amide bonds. The van der Waals surface area contributed by atoms with Crippen LogP contribution in [0.25, 0.3) is 0 Å². The van der Waals surface area contributed by atoms with Crippen molar-refractivity contribution in [3.05, 3.63) is 69.7 Å². The van der Waals surface area contributed by atoms with E-state index in [2.05, 4.69) is 5.32 Å². The minimum atomic E-state index is -4.99. The third-order valence-corrected chi connectivity index (χ3v) is 3.96. The molecule has 0 spiro atoms. The van der Waals surface area contributed by atoms with Gasteiger partial charge in [0.1, 0.15) is 0 Å². The van der Waals surface area contributed by atoms with Gasteiger partial charge in [-0.2, -0.15) is 13.2 Å². The molecule has 128 valence electrons. The second-order valence-electron chi connectivity index (χ2n) is 5.03. The first-order valence-corrected chi connectivity index (χ1v) is 7.48. The summed E-state index contributed by atoms with van der Waals surface area (Å²) in [4.78, 5) is 12.1. The first kappa shape index (κ1) is 18.6. The molecule has 2 aromatic rings. The lowest BCUT2D eigenvalue weighted by Crippen LogP contribution is -2.51. The fourth-order valence-electron chi connectivity index (χ4n) is 2.05. The number of hydrogen-bond donors (Lipinski definition) is 2. The van der Waals surface area contributed by atoms with E-state index in [-0.39, 0.29) is 21.2 Å². The Bertz CT molecular complexity index is 738. The van der Waals surface area contributed by atoms with Gasteiger partial charge in [0.2, 0.25) is 5.60 Å². The maximum Gasteiger partial charge on any atom is 0.423 e. The van der Waals surface area contributed by atoms with Crippen molar-refractivity contribution in [3.63, 3.8) is 0 Å². The first-order chi connectivity index (χ1) is 11.1. The molecule has 24 heavy (non-hydrogen) atoms. The van der Waals surface area contributed by atoms with Gasteiger partial charge in [-0.1, -0.05) is 53.5 Å². The lowest BCUT2D eigenvalue weighted by atomic mass is 9.93. The average molecular weight is 378 g/mol. The molecule has 1 unspecified atom stereocenters. The highest BCUT2D eigenvalue weighted by molar-refractivity contribution is 6.35. The summed E-state index contributed by atoms with van der Waals surface area (Å²) in [5, 5.41) is 12.4. The summed E-state index contributed by atoms with van der Waals surface area (Å²) >= 11 is 11.6. The van der Waals surface area contributed by atoms with Crippen LogP contribution in [0, 0.1) is 0 Å². The maximum atomic E-state index is 13.3. The van der Waals surface area contributed by atoms with Crippen LogP contribution in [0.3, 0.4) is 0 Å². The summed E-state index contributed by atoms with van der Waals surface area (Å²) in [5.74, 6) is -0.874. The summed E-state index contributed by atoms with van der Waals surface area (Å²) in [6.07, 6.45) is -4.99. The van der Waals surface area contributed by atoms with Crippen LogP contribution in [-0.2, 0) is 5.60 Å². The SMILES string of the molecule is O=C(NCC(O)(c1ccccc1)C(F)(F)F)c1cc(Cl)ccc1Cl. The normalized spacial score (nSPS) is 14.1. The van der Waals surface area contributed by atoms with Gasteiger partial charge in [0, 0.05) is 5.02 Å². The molecule has 2 rings (SSSR count). The number of benzene rings is 2. The number of hydrogen-bond acceptors (Lipinski definition) is 2. The molecule has 0 aliphatic carbocycles. The van der Waals surface area contributed by atoms with Crippen molar-refractivity contribution in [1.82, 2.24) is 5.32 Å². The first-order valence-electron chi connectivity index (χ1n) is 6.73. The highest BCUT2D eigenvalue weighted by Gasteiger charge is 2.55. The summed E-state index contributed by atoms with van der Waals surface area (Å²) in [6.45, 7) is -1.07. The van der Waals surface area contributed by atoms with Gasteiger partial charge in [-0.25, -0.2) is 0 Å². The Morgan fingerprint density at radius 3 is 2.29 bits per heavy atom. The van der Waals surface area contributed by atoms with Gasteiger partial charge >= 0.3 is 6.18 Å². The number of alkyl halides is 3. The Balaban J connectivity index is 2.26. The number of nitrogens with one attached hydrogen (secondary N) is 1. The van der Waals surface area contributed by atoms with Gasteiger partial charge in [-0.3, -0.25) is 4.79 Å². The minimum absolute atomic E-state index is 0.0344. The number of halogens is 5. The molecule has 3 nitrogen and oxygen atoms in total. The van der Waals surface area contributed by atoms with Gasteiger partial charge in [-0.15, -0.1) is 0 Å². The Kier molecular flexibility index (Phi) is 5.42. The standard InChI is InChI=1S/C16H12Cl2F3NO2/c17-11-6-7-13(18)12(8-11)14(23)22-9-15(24,16(19,20)21)10-4-2-1-3-5-10/h1-8,24H,9H2,(H,22,23). The lowest BCUT2D eigenvalue weighted by Gasteiger charge is -2.31. The zero-order chi connectivity index (χ0) is 18.0. The monoisotopic (exact) mass is 377 g/mol. The molecule has 0 radical (unpaired) electrons. The molecule has 0 heterocycles. The van der Waals surface area contributed by atoms with Crippen LogP contribution < -0.4 is 5.32 Å². The third kappa shape index (κ3) is 3.83. The molecular weight excluding hydrogens is 366 g/mol. The van der Waals surface area contributed by atoms with E-state index in [4.69, 9.17) is 23.2 Å². The van der Waals surface area contributed by atoms with E-state index in [0.717, 1.165) is 12.1 Å². The Morgan fingerprint density at radius 2 is 1.71 bits per heavy atom. The predicted molar refractivity (Wildman–Crippen MR) is 85.2 cm³/mol. The molecule has 8 heteroatoms. The van der Waals surface area contributed by atoms with Crippen molar-refractivity contribution in [2.75, 3.05) is 6.54 Å². The van der Waals surface area contributed by atoms with Gasteiger partial charge < -0.3 is 10.4 Å². The van der Waals surface area contributed by atoms with Crippen LogP contribution in [-0.4, -0.2) is 23.7 Å². The third-order valence-electron chi connectivity index (χ3n) is 3.40. The van der Waals surface area contributed by atoms with E-state index in [1.807, 2.05) is 0 Å². The molecule has 1 atom stereocenters. The molecule has 0 aromatic heterocycles. The lowest BCUT2D eigenvalue weighted by molar-refractivity contribution is -0.263. The van der Waals surface area contributed by atoms with Crippen molar-refractivity contribution in [1.29, 1.82) is 0 Å². The molecule has 0 aliphatic heterocycles. The quantitative estimate of drug-likeness (QED) is 0.839. The van der Waals surface area contributed by atoms with Gasteiger partial charge in [-0.05, 0) is 23.8 Å². The summed E-state index contributed by atoms with van der Waals surface area (Å²) in [5.41, 5.74) is -3.69. The fourth-order valence-corrected chi connectivity index (χ4v) is 2.43. The summed E-state index contributed by atoms with van der Waals surface area (Å²) in [7, 11) is 0. The highest BCUT2D eigenvalue weighted by atomic mass is 35.5. The largest absolute Gasteiger partial charge is 0.423 e. The molecule has 0 saturated heterocycles. The summed E-state index contributed by atoms with van der Waals surface area (Å²) in [6, 6.07) is 10.5. The number of carbonyl (C=O) groups excluding carboxylic acids is 1. The Labute approximate surface area is 146 Å². The van der Waals surface area contributed by atoms with Gasteiger partial charge in [0.15, 0.2) is 0 Å². The summed E-state index contributed by atoms with van der Waals surface area (Å²) < 4.78 is 40.0. The Hall–Kier alpha value is -1.76. The van der Waals surface area contributed by atoms with E-state index in [9.17, 15) is 23.1 Å². The van der Waals surface area contributed by atoms with Gasteiger partial charge in [0.05, 0.1) is 17.1 Å².